The summed E-state index contributed by atoms with van der Waals surface area (Å²) < 4.78 is 33.5. The molecule has 0 N–H and O–H groups in total. The molecule has 0 bridgehead atoms. The van der Waals surface area contributed by atoms with Crippen molar-refractivity contribution < 1.29 is 13.2 Å². The van der Waals surface area contributed by atoms with E-state index in [0.717, 1.165) is 4.47 Å². The van der Waals surface area contributed by atoms with Crippen molar-refractivity contribution >= 4 is 32.2 Å². The van der Waals surface area contributed by atoms with Crippen molar-refractivity contribution in [1.82, 2.24) is 0 Å². The van der Waals surface area contributed by atoms with E-state index in [1.165, 1.54) is 18.3 Å². The molecule has 0 atom stereocenters. The van der Waals surface area contributed by atoms with Crippen LogP contribution < -0.4 is 4.74 Å². The maximum Gasteiger partial charge on any atom is 0.282 e. The van der Waals surface area contributed by atoms with Crippen molar-refractivity contribution in [2.45, 2.75) is 4.90 Å². The van der Waals surface area contributed by atoms with Gasteiger partial charge in [-0.3, -0.25) is 0 Å². The predicted molar refractivity (Wildman–Crippen MR) is 81.9 cm³/mol. The fraction of sp³-hybridized carbons (Fsp3) is 0.0714. The Labute approximate surface area is 126 Å². The van der Waals surface area contributed by atoms with Crippen LogP contribution in [-0.4, -0.2) is 21.7 Å². The highest BCUT2D eigenvalue weighted by Crippen LogP contribution is 2.17. The molecule has 6 heteroatoms. The number of ether oxygens (including phenoxy) is 1. The number of benzene rings is 2. The molecule has 4 nitrogen and oxygen atoms in total. The highest BCUT2D eigenvalue weighted by Gasteiger charge is 2.10. The van der Waals surface area contributed by atoms with Gasteiger partial charge in [0, 0.05) is 10.7 Å². The normalized spacial score (nSPS) is 11.7. The number of hydrogen-bond acceptors (Lipinski definition) is 3. The van der Waals surface area contributed by atoms with Gasteiger partial charge < -0.3 is 4.74 Å². The molecule has 0 saturated heterocycles. The fourth-order valence-electron chi connectivity index (χ4n) is 1.49. The van der Waals surface area contributed by atoms with Gasteiger partial charge in [-0.05, 0) is 54.1 Å². The second-order valence-electron chi connectivity index (χ2n) is 3.94. The summed E-state index contributed by atoms with van der Waals surface area (Å²) in [5.41, 5.74) is 0.687. The van der Waals surface area contributed by atoms with Gasteiger partial charge in [-0.15, -0.1) is 0 Å². The van der Waals surface area contributed by atoms with Gasteiger partial charge in [0.25, 0.3) is 10.0 Å². The molecule has 2 rings (SSSR count). The average Bonchev–Trinajstić information content (AvgIpc) is 2.46. The standard InChI is InChI=1S/C14H12BrNO3S/c1-19-13-6-2-11(3-7-13)10-16-20(17,18)14-8-4-12(15)5-9-14/h2-10H,1H3. The van der Waals surface area contributed by atoms with Gasteiger partial charge in [0.05, 0.1) is 12.0 Å². The van der Waals surface area contributed by atoms with Crippen LogP contribution in [0.3, 0.4) is 0 Å². The van der Waals surface area contributed by atoms with Crippen molar-refractivity contribution in [2.75, 3.05) is 7.11 Å². The van der Waals surface area contributed by atoms with Crippen molar-refractivity contribution in [3.8, 4) is 5.75 Å². The van der Waals surface area contributed by atoms with Crippen LogP contribution in [0, 0.1) is 0 Å². The van der Waals surface area contributed by atoms with E-state index >= 15 is 0 Å². The van der Waals surface area contributed by atoms with Gasteiger partial charge in [0.2, 0.25) is 0 Å². The van der Waals surface area contributed by atoms with Gasteiger partial charge >= 0.3 is 0 Å². The Morgan fingerprint density at radius 2 is 1.65 bits per heavy atom. The summed E-state index contributed by atoms with van der Waals surface area (Å²) in [5.74, 6) is 0.706. The topological polar surface area (TPSA) is 55.7 Å². The molecule has 0 aromatic heterocycles. The number of halogens is 1. The molecule has 0 aliphatic heterocycles. The molecule has 0 spiro atoms. The predicted octanol–water partition coefficient (Wildman–Crippen LogP) is 3.27. The lowest BCUT2D eigenvalue weighted by Crippen LogP contribution is -1.97. The van der Waals surface area contributed by atoms with E-state index in [1.54, 1.807) is 43.5 Å². The summed E-state index contributed by atoms with van der Waals surface area (Å²) in [6.07, 6.45) is 1.32. The highest BCUT2D eigenvalue weighted by molar-refractivity contribution is 9.10. The van der Waals surface area contributed by atoms with Crippen LogP contribution in [0.5, 0.6) is 5.75 Å². The summed E-state index contributed by atoms with van der Waals surface area (Å²) >= 11 is 3.26. The Morgan fingerprint density at radius 3 is 2.20 bits per heavy atom. The molecular formula is C14H12BrNO3S. The molecule has 0 unspecified atom stereocenters. The Kier molecular flexibility index (Phi) is 4.57. The third-order valence-electron chi connectivity index (χ3n) is 2.57. The molecular weight excluding hydrogens is 342 g/mol. The fourth-order valence-corrected chi connectivity index (χ4v) is 2.61. The van der Waals surface area contributed by atoms with Crippen molar-refractivity contribution in [1.29, 1.82) is 0 Å². The van der Waals surface area contributed by atoms with Crippen molar-refractivity contribution in [2.24, 2.45) is 4.40 Å². The van der Waals surface area contributed by atoms with Crippen LogP contribution in [-0.2, 0) is 10.0 Å². The summed E-state index contributed by atoms with van der Waals surface area (Å²) in [5, 5.41) is 0. The molecule has 0 saturated carbocycles. The Bertz CT molecular complexity index is 707. The molecule has 0 aliphatic carbocycles. The summed E-state index contributed by atoms with van der Waals surface area (Å²) in [7, 11) is -2.10. The second kappa shape index (κ2) is 6.19. The Hall–Kier alpha value is -1.66. The third kappa shape index (κ3) is 3.68. The van der Waals surface area contributed by atoms with Crippen LogP contribution in [0.4, 0.5) is 0 Å². The highest BCUT2D eigenvalue weighted by atomic mass is 79.9. The van der Waals surface area contributed by atoms with E-state index in [4.69, 9.17) is 4.74 Å². The van der Waals surface area contributed by atoms with Crippen molar-refractivity contribution in [3.05, 3.63) is 58.6 Å². The molecule has 0 amide bonds. The van der Waals surface area contributed by atoms with E-state index in [2.05, 4.69) is 20.3 Å². The smallest absolute Gasteiger partial charge is 0.282 e. The van der Waals surface area contributed by atoms with Crippen LogP contribution in [0.25, 0.3) is 0 Å². The Balaban J connectivity index is 2.22. The van der Waals surface area contributed by atoms with E-state index < -0.39 is 10.0 Å². The number of rotatable bonds is 4. The first-order chi connectivity index (χ1) is 9.51. The number of hydrogen-bond donors (Lipinski definition) is 0. The molecule has 0 radical (unpaired) electrons. The lowest BCUT2D eigenvalue weighted by Gasteiger charge is -2.00. The van der Waals surface area contributed by atoms with Crippen LogP contribution >= 0.6 is 15.9 Å². The first-order valence-electron chi connectivity index (χ1n) is 5.71. The monoisotopic (exact) mass is 353 g/mol. The average molecular weight is 354 g/mol. The zero-order valence-corrected chi connectivity index (χ0v) is 13.1. The van der Waals surface area contributed by atoms with E-state index in [0.29, 0.717) is 11.3 Å². The summed E-state index contributed by atoms with van der Waals surface area (Å²) in [6, 6.07) is 13.3. The van der Waals surface area contributed by atoms with Gasteiger partial charge in [-0.2, -0.15) is 12.8 Å². The van der Waals surface area contributed by atoms with Gasteiger partial charge in [0.15, 0.2) is 0 Å². The minimum Gasteiger partial charge on any atom is -0.497 e. The van der Waals surface area contributed by atoms with Gasteiger partial charge in [0.1, 0.15) is 5.75 Å². The molecule has 0 heterocycles. The molecule has 2 aromatic rings. The van der Waals surface area contributed by atoms with Crippen molar-refractivity contribution in [3.63, 3.8) is 0 Å². The van der Waals surface area contributed by atoms with Gasteiger partial charge in [-0.25, -0.2) is 0 Å². The van der Waals surface area contributed by atoms with Crippen LogP contribution in [0.2, 0.25) is 0 Å². The minimum atomic E-state index is -3.67. The van der Waals surface area contributed by atoms with Gasteiger partial charge in [-0.1, -0.05) is 15.9 Å². The second-order valence-corrected chi connectivity index (χ2v) is 6.48. The number of sulfonamides is 1. The summed E-state index contributed by atoms with van der Waals surface area (Å²) in [4.78, 5) is 0.158. The maximum absolute atomic E-state index is 12.0. The minimum absolute atomic E-state index is 0.158. The zero-order valence-electron chi connectivity index (χ0n) is 10.7. The first-order valence-corrected chi connectivity index (χ1v) is 7.94. The lowest BCUT2D eigenvalue weighted by molar-refractivity contribution is 0.415. The number of methoxy groups -OCH3 is 1. The molecule has 104 valence electrons. The summed E-state index contributed by atoms with van der Waals surface area (Å²) in [6.45, 7) is 0. The molecule has 0 aliphatic rings. The SMILES string of the molecule is COc1ccc(C=NS(=O)(=O)c2ccc(Br)cc2)cc1. The third-order valence-corrected chi connectivity index (χ3v) is 4.35. The first kappa shape index (κ1) is 14.7. The Morgan fingerprint density at radius 1 is 1.05 bits per heavy atom. The van der Waals surface area contributed by atoms with Crippen LogP contribution in [0.1, 0.15) is 5.56 Å². The quantitative estimate of drug-likeness (QED) is 0.792. The largest absolute Gasteiger partial charge is 0.497 e. The van der Waals surface area contributed by atoms with Crippen LogP contribution in [0.15, 0.2) is 62.3 Å². The van der Waals surface area contributed by atoms with E-state index in [9.17, 15) is 8.42 Å². The molecule has 2 aromatic carbocycles. The number of nitrogens with zero attached hydrogens (tertiary/aromatic N) is 1. The van der Waals surface area contributed by atoms with E-state index in [-0.39, 0.29) is 4.90 Å². The van der Waals surface area contributed by atoms with E-state index in [1.807, 2.05) is 0 Å². The maximum atomic E-state index is 12.0. The zero-order chi connectivity index (χ0) is 14.6. The molecule has 20 heavy (non-hydrogen) atoms. The molecule has 0 fully saturated rings. The lowest BCUT2D eigenvalue weighted by atomic mass is 10.2.